The Hall–Kier alpha value is -0.650. The Morgan fingerprint density at radius 1 is 1.46 bits per heavy atom. The van der Waals surface area contributed by atoms with Crippen molar-refractivity contribution >= 4 is 5.97 Å². The number of aliphatic hydroxyl groups excluding tert-OH is 2. The van der Waals surface area contributed by atoms with Gasteiger partial charge in [0.2, 0.25) is 0 Å². The largest absolute Gasteiger partial charge is 0.468 e. The summed E-state index contributed by atoms with van der Waals surface area (Å²) >= 11 is 0. The Labute approximate surface area is 77.7 Å². The number of rotatable bonds is 6. The molecule has 1 atom stereocenters. The molecule has 0 heterocycles. The number of carbonyl (C=O) groups is 1. The first-order valence-electron chi connectivity index (χ1n) is 4.25. The molecule has 0 aromatic carbocycles. The Balaban J connectivity index is 4.02. The molecule has 0 aromatic heterocycles. The van der Waals surface area contributed by atoms with Crippen molar-refractivity contribution in [1.29, 1.82) is 0 Å². The minimum Gasteiger partial charge on any atom is -0.468 e. The van der Waals surface area contributed by atoms with E-state index >= 15 is 0 Å². The molecule has 0 rings (SSSR count). The maximum absolute atomic E-state index is 11.1. The number of nitrogens with one attached hydrogen (secondary N) is 1. The molecule has 0 saturated carbocycles. The third-order valence-electron chi connectivity index (χ3n) is 1.77. The molecule has 0 bridgehead atoms. The highest BCUT2D eigenvalue weighted by atomic mass is 16.5. The van der Waals surface area contributed by atoms with Crippen LogP contribution < -0.4 is 5.32 Å². The van der Waals surface area contributed by atoms with Gasteiger partial charge in [-0.1, -0.05) is 6.92 Å². The van der Waals surface area contributed by atoms with Crippen LogP contribution in [0, 0.1) is 0 Å². The summed E-state index contributed by atoms with van der Waals surface area (Å²) in [5.41, 5.74) is 0. The van der Waals surface area contributed by atoms with Gasteiger partial charge in [-0.2, -0.15) is 0 Å². The fourth-order valence-electron chi connectivity index (χ4n) is 0.942. The summed E-state index contributed by atoms with van der Waals surface area (Å²) in [4.78, 5) is 11.1. The predicted molar refractivity (Wildman–Crippen MR) is 47.2 cm³/mol. The molecule has 13 heavy (non-hydrogen) atoms. The summed E-state index contributed by atoms with van der Waals surface area (Å²) in [5.74, 6) is -0.380. The predicted octanol–water partition coefficient (Wildman–Crippen LogP) is -1.12. The van der Waals surface area contributed by atoms with E-state index < -0.39 is 12.1 Å². The van der Waals surface area contributed by atoms with Crippen molar-refractivity contribution in [2.75, 3.05) is 20.3 Å². The van der Waals surface area contributed by atoms with Crippen LogP contribution >= 0.6 is 0 Å². The van der Waals surface area contributed by atoms with Crippen LogP contribution in [0.3, 0.4) is 0 Å². The summed E-state index contributed by atoms with van der Waals surface area (Å²) in [6.07, 6.45) is 0.559. The molecule has 0 aliphatic carbocycles. The smallest absolute Gasteiger partial charge is 0.322 e. The second-order valence-electron chi connectivity index (χ2n) is 2.71. The Kier molecular flexibility index (Phi) is 6.48. The van der Waals surface area contributed by atoms with Gasteiger partial charge in [-0.05, 0) is 6.42 Å². The van der Waals surface area contributed by atoms with Crippen LogP contribution in [0.25, 0.3) is 0 Å². The fourth-order valence-corrected chi connectivity index (χ4v) is 0.942. The third-order valence-corrected chi connectivity index (χ3v) is 1.77. The van der Waals surface area contributed by atoms with Crippen LogP contribution in [0.1, 0.15) is 13.3 Å². The normalized spacial score (nSPS) is 13.0. The van der Waals surface area contributed by atoms with Gasteiger partial charge >= 0.3 is 5.97 Å². The maximum Gasteiger partial charge on any atom is 0.322 e. The first-order valence-corrected chi connectivity index (χ1v) is 4.25. The van der Waals surface area contributed by atoms with E-state index in [9.17, 15) is 4.79 Å². The van der Waals surface area contributed by atoms with Crippen molar-refractivity contribution in [1.82, 2.24) is 5.32 Å². The first-order chi connectivity index (χ1) is 6.19. The molecule has 3 N–H and O–H groups in total. The molecule has 0 aromatic rings. The summed E-state index contributed by atoms with van der Waals surface area (Å²) in [5, 5.41) is 20.3. The molecule has 78 valence electrons. The number of methoxy groups -OCH3 is 1. The molecule has 0 aliphatic heterocycles. The Bertz CT molecular complexity index is 147. The number of esters is 1. The van der Waals surface area contributed by atoms with Crippen LogP contribution in [0.15, 0.2) is 0 Å². The van der Waals surface area contributed by atoms with Gasteiger partial charge in [-0.3, -0.25) is 10.1 Å². The minimum absolute atomic E-state index is 0.204. The van der Waals surface area contributed by atoms with Gasteiger partial charge in [-0.25, -0.2) is 0 Å². The summed E-state index contributed by atoms with van der Waals surface area (Å²) < 4.78 is 4.53. The first kappa shape index (κ1) is 12.3. The van der Waals surface area contributed by atoms with Gasteiger partial charge in [-0.15, -0.1) is 0 Å². The standard InChI is InChI=1S/C8H17NO4/c1-3-7(8(12)13-2)9-6(4-10)5-11/h6-7,9-11H,3-5H2,1-2H3. The molecule has 0 radical (unpaired) electrons. The third kappa shape index (κ3) is 4.21. The van der Waals surface area contributed by atoms with Crippen LogP contribution in [0.5, 0.6) is 0 Å². The van der Waals surface area contributed by atoms with E-state index in [-0.39, 0.29) is 19.2 Å². The second-order valence-corrected chi connectivity index (χ2v) is 2.71. The number of ether oxygens (including phenoxy) is 1. The lowest BCUT2D eigenvalue weighted by Gasteiger charge is -2.19. The summed E-state index contributed by atoms with van der Waals surface area (Å²) in [6.45, 7) is 1.41. The molecule has 0 aliphatic rings. The number of hydrogen-bond acceptors (Lipinski definition) is 5. The van der Waals surface area contributed by atoms with E-state index in [0.29, 0.717) is 6.42 Å². The summed E-state index contributed by atoms with van der Waals surface area (Å²) in [6, 6.07) is -0.932. The van der Waals surface area contributed by atoms with E-state index in [4.69, 9.17) is 10.2 Å². The lowest BCUT2D eigenvalue weighted by Crippen LogP contribution is -2.46. The zero-order valence-electron chi connectivity index (χ0n) is 7.99. The molecule has 1 unspecified atom stereocenters. The zero-order chi connectivity index (χ0) is 10.3. The van der Waals surface area contributed by atoms with Crippen LogP contribution in [0.2, 0.25) is 0 Å². The van der Waals surface area contributed by atoms with E-state index in [2.05, 4.69) is 10.1 Å². The molecule has 0 spiro atoms. The highest BCUT2D eigenvalue weighted by molar-refractivity contribution is 5.75. The SMILES string of the molecule is CCC(NC(CO)CO)C(=O)OC. The molecular formula is C8H17NO4. The van der Waals surface area contributed by atoms with Crippen LogP contribution in [0.4, 0.5) is 0 Å². The minimum atomic E-state index is -0.468. The fraction of sp³-hybridized carbons (Fsp3) is 0.875. The average molecular weight is 191 g/mol. The maximum atomic E-state index is 11.1. The van der Waals surface area contributed by atoms with Crippen molar-refractivity contribution in [3.8, 4) is 0 Å². The van der Waals surface area contributed by atoms with E-state index in [1.54, 1.807) is 0 Å². The lowest BCUT2D eigenvalue weighted by atomic mass is 10.2. The van der Waals surface area contributed by atoms with E-state index in [1.807, 2.05) is 6.92 Å². The number of carbonyl (C=O) groups excluding carboxylic acids is 1. The molecule has 0 fully saturated rings. The van der Waals surface area contributed by atoms with Crippen molar-refractivity contribution in [3.63, 3.8) is 0 Å². The molecule has 0 saturated heterocycles. The highest BCUT2D eigenvalue weighted by Crippen LogP contribution is 1.96. The Morgan fingerprint density at radius 2 is 2.00 bits per heavy atom. The second kappa shape index (κ2) is 6.82. The topological polar surface area (TPSA) is 78.8 Å². The average Bonchev–Trinajstić information content (AvgIpc) is 2.19. The zero-order valence-corrected chi connectivity index (χ0v) is 7.99. The van der Waals surface area contributed by atoms with Gasteiger partial charge in [0.15, 0.2) is 0 Å². The van der Waals surface area contributed by atoms with Crippen molar-refractivity contribution in [2.24, 2.45) is 0 Å². The number of aliphatic hydroxyl groups is 2. The summed E-state index contributed by atoms with van der Waals surface area (Å²) in [7, 11) is 1.31. The molecule has 0 amide bonds. The van der Waals surface area contributed by atoms with Crippen LogP contribution in [-0.2, 0) is 9.53 Å². The monoisotopic (exact) mass is 191 g/mol. The van der Waals surface area contributed by atoms with Gasteiger partial charge in [0.25, 0.3) is 0 Å². The van der Waals surface area contributed by atoms with Gasteiger partial charge in [0, 0.05) is 0 Å². The van der Waals surface area contributed by atoms with Gasteiger partial charge in [0.05, 0.1) is 26.4 Å². The van der Waals surface area contributed by atoms with E-state index in [0.717, 1.165) is 0 Å². The van der Waals surface area contributed by atoms with E-state index in [1.165, 1.54) is 7.11 Å². The highest BCUT2D eigenvalue weighted by Gasteiger charge is 2.19. The quantitative estimate of drug-likeness (QED) is 0.463. The van der Waals surface area contributed by atoms with Crippen molar-refractivity contribution in [3.05, 3.63) is 0 Å². The van der Waals surface area contributed by atoms with Crippen molar-refractivity contribution < 1.29 is 19.7 Å². The molecular weight excluding hydrogens is 174 g/mol. The lowest BCUT2D eigenvalue weighted by molar-refractivity contribution is -0.143. The molecule has 5 heteroatoms. The van der Waals surface area contributed by atoms with Crippen LogP contribution in [-0.4, -0.2) is 48.6 Å². The van der Waals surface area contributed by atoms with Gasteiger partial charge in [0.1, 0.15) is 6.04 Å². The number of hydrogen-bond donors (Lipinski definition) is 3. The van der Waals surface area contributed by atoms with Crippen molar-refractivity contribution in [2.45, 2.75) is 25.4 Å². The van der Waals surface area contributed by atoms with Gasteiger partial charge < -0.3 is 14.9 Å². The molecule has 5 nitrogen and oxygen atoms in total. The Morgan fingerprint density at radius 3 is 2.31 bits per heavy atom.